The van der Waals surface area contributed by atoms with Crippen molar-refractivity contribution in [2.45, 2.75) is 32.4 Å². The van der Waals surface area contributed by atoms with Crippen molar-refractivity contribution in [2.75, 3.05) is 7.05 Å². The van der Waals surface area contributed by atoms with Gasteiger partial charge in [0.1, 0.15) is 0 Å². The van der Waals surface area contributed by atoms with Crippen LogP contribution in [0.1, 0.15) is 31.9 Å². The summed E-state index contributed by atoms with van der Waals surface area (Å²) in [6, 6.07) is 5.03. The van der Waals surface area contributed by atoms with Crippen molar-refractivity contribution in [3.8, 4) is 0 Å². The first-order valence-electron chi connectivity index (χ1n) is 5.79. The van der Waals surface area contributed by atoms with Crippen LogP contribution in [-0.4, -0.2) is 23.9 Å². The van der Waals surface area contributed by atoms with E-state index in [1.807, 2.05) is 19.9 Å². The van der Waals surface area contributed by atoms with Gasteiger partial charge in [-0.15, -0.1) is 0 Å². The van der Waals surface area contributed by atoms with Crippen LogP contribution in [0.3, 0.4) is 0 Å². The van der Waals surface area contributed by atoms with Crippen molar-refractivity contribution in [2.24, 2.45) is 5.73 Å². The van der Waals surface area contributed by atoms with E-state index in [9.17, 15) is 4.79 Å². The molecule has 18 heavy (non-hydrogen) atoms. The predicted octanol–water partition coefficient (Wildman–Crippen LogP) is 3.25. The largest absolute Gasteiger partial charge is 0.339 e. The maximum Gasteiger partial charge on any atom is 0.224 e. The number of benzene rings is 1. The summed E-state index contributed by atoms with van der Waals surface area (Å²) < 4.78 is 0. The molecule has 0 fully saturated rings. The second kappa shape index (κ2) is 6.41. The number of hydrogen-bond donors (Lipinski definition) is 1. The monoisotopic (exact) mass is 288 g/mol. The third kappa shape index (κ3) is 3.87. The number of nitrogens with two attached hydrogens (primary N) is 1. The van der Waals surface area contributed by atoms with Crippen LogP contribution in [0.25, 0.3) is 0 Å². The van der Waals surface area contributed by atoms with E-state index in [-0.39, 0.29) is 18.0 Å². The average Bonchev–Trinajstić information content (AvgIpc) is 2.26. The SMILES string of the molecule is CC(N)CC(=O)N(C)C(C)c1ccc(Cl)cc1Cl. The highest BCUT2D eigenvalue weighted by atomic mass is 35.5. The lowest BCUT2D eigenvalue weighted by Gasteiger charge is -2.26. The van der Waals surface area contributed by atoms with E-state index >= 15 is 0 Å². The first-order valence-corrected chi connectivity index (χ1v) is 6.54. The predicted molar refractivity (Wildman–Crippen MR) is 75.9 cm³/mol. The van der Waals surface area contributed by atoms with E-state index in [1.54, 1.807) is 24.1 Å². The Hall–Kier alpha value is -0.770. The third-order valence-electron chi connectivity index (χ3n) is 2.88. The van der Waals surface area contributed by atoms with Crippen LogP contribution in [-0.2, 0) is 4.79 Å². The molecule has 1 aromatic carbocycles. The van der Waals surface area contributed by atoms with Crippen molar-refractivity contribution in [1.82, 2.24) is 4.90 Å². The minimum Gasteiger partial charge on any atom is -0.339 e. The van der Waals surface area contributed by atoms with Crippen LogP contribution in [0, 0.1) is 0 Å². The quantitative estimate of drug-likeness (QED) is 0.924. The van der Waals surface area contributed by atoms with Crippen molar-refractivity contribution in [3.05, 3.63) is 33.8 Å². The first-order chi connectivity index (χ1) is 8.32. The van der Waals surface area contributed by atoms with Crippen molar-refractivity contribution >= 4 is 29.1 Å². The maximum absolute atomic E-state index is 11.9. The fourth-order valence-electron chi connectivity index (χ4n) is 1.68. The lowest BCUT2D eigenvalue weighted by Crippen LogP contribution is -2.33. The van der Waals surface area contributed by atoms with Gasteiger partial charge in [-0.05, 0) is 31.5 Å². The Morgan fingerprint density at radius 1 is 1.39 bits per heavy atom. The molecular weight excluding hydrogens is 271 g/mol. The summed E-state index contributed by atoms with van der Waals surface area (Å²) >= 11 is 12.0. The van der Waals surface area contributed by atoms with Gasteiger partial charge in [-0.2, -0.15) is 0 Å². The molecule has 0 bridgehead atoms. The Labute approximate surface area is 118 Å². The molecule has 1 aromatic rings. The lowest BCUT2D eigenvalue weighted by atomic mass is 10.1. The molecule has 1 rings (SSSR count). The Bertz CT molecular complexity index is 435. The van der Waals surface area contributed by atoms with E-state index in [0.717, 1.165) is 5.56 Å². The zero-order valence-corrected chi connectivity index (χ0v) is 12.3. The normalized spacial score (nSPS) is 14.1. The summed E-state index contributed by atoms with van der Waals surface area (Å²) in [6.45, 7) is 3.74. The molecule has 0 saturated heterocycles. The highest BCUT2D eigenvalue weighted by Gasteiger charge is 2.20. The van der Waals surface area contributed by atoms with Crippen molar-refractivity contribution < 1.29 is 4.79 Å². The van der Waals surface area contributed by atoms with Gasteiger partial charge in [0.2, 0.25) is 5.91 Å². The van der Waals surface area contributed by atoms with Gasteiger partial charge in [0.15, 0.2) is 0 Å². The molecule has 2 unspecified atom stereocenters. The number of nitrogens with zero attached hydrogens (tertiary/aromatic N) is 1. The highest BCUT2D eigenvalue weighted by Crippen LogP contribution is 2.29. The topological polar surface area (TPSA) is 46.3 Å². The van der Waals surface area contributed by atoms with Crippen molar-refractivity contribution in [1.29, 1.82) is 0 Å². The molecular formula is C13H18Cl2N2O. The van der Waals surface area contributed by atoms with E-state index in [4.69, 9.17) is 28.9 Å². The first kappa shape index (κ1) is 15.3. The summed E-state index contributed by atoms with van der Waals surface area (Å²) in [4.78, 5) is 13.6. The molecule has 0 spiro atoms. The van der Waals surface area contributed by atoms with Crippen LogP contribution in [0.2, 0.25) is 10.0 Å². The highest BCUT2D eigenvalue weighted by molar-refractivity contribution is 6.35. The molecule has 0 heterocycles. The Balaban J connectivity index is 2.86. The number of hydrogen-bond acceptors (Lipinski definition) is 2. The fourth-order valence-corrected chi connectivity index (χ4v) is 2.25. The smallest absolute Gasteiger partial charge is 0.224 e. The minimum atomic E-state index is -0.146. The maximum atomic E-state index is 11.9. The van der Waals surface area contributed by atoms with E-state index in [2.05, 4.69) is 0 Å². The zero-order chi connectivity index (χ0) is 13.9. The van der Waals surface area contributed by atoms with E-state index in [0.29, 0.717) is 16.5 Å². The number of rotatable bonds is 4. The lowest BCUT2D eigenvalue weighted by molar-refractivity contribution is -0.132. The average molecular weight is 289 g/mol. The molecule has 0 saturated carbocycles. The van der Waals surface area contributed by atoms with Crippen LogP contribution in [0.5, 0.6) is 0 Å². The van der Waals surface area contributed by atoms with Gasteiger partial charge in [0.25, 0.3) is 0 Å². The summed E-state index contributed by atoms with van der Waals surface area (Å²) in [5, 5.41) is 1.15. The fraction of sp³-hybridized carbons (Fsp3) is 0.462. The number of carbonyl (C=O) groups excluding carboxylic acids is 1. The standard InChI is InChI=1S/C13H18Cl2N2O/c1-8(16)6-13(18)17(3)9(2)11-5-4-10(14)7-12(11)15/h4-5,7-9H,6,16H2,1-3H3. The molecule has 5 heteroatoms. The minimum absolute atomic E-state index is 0.00326. The van der Waals surface area contributed by atoms with Gasteiger partial charge in [-0.25, -0.2) is 0 Å². The van der Waals surface area contributed by atoms with Gasteiger partial charge in [0.05, 0.1) is 6.04 Å². The Kier molecular flexibility index (Phi) is 5.45. The number of carbonyl (C=O) groups is 1. The van der Waals surface area contributed by atoms with Gasteiger partial charge in [0, 0.05) is 29.6 Å². The summed E-state index contributed by atoms with van der Waals surface area (Å²) in [5.74, 6) is 0.00326. The van der Waals surface area contributed by atoms with Crippen LogP contribution in [0.4, 0.5) is 0 Å². The van der Waals surface area contributed by atoms with Crippen LogP contribution in [0.15, 0.2) is 18.2 Å². The zero-order valence-electron chi connectivity index (χ0n) is 10.8. The van der Waals surface area contributed by atoms with E-state index in [1.165, 1.54) is 0 Å². The molecule has 0 aliphatic heterocycles. The Morgan fingerprint density at radius 2 is 2.00 bits per heavy atom. The number of halogens is 2. The second-order valence-electron chi connectivity index (χ2n) is 4.53. The Morgan fingerprint density at radius 3 is 2.50 bits per heavy atom. The molecule has 0 aliphatic carbocycles. The second-order valence-corrected chi connectivity index (χ2v) is 5.37. The molecule has 1 amide bonds. The molecule has 100 valence electrons. The molecule has 3 nitrogen and oxygen atoms in total. The summed E-state index contributed by atoms with van der Waals surface area (Å²) in [5.41, 5.74) is 6.51. The van der Waals surface area contributed by atoms with Crippen LogP contribution >= 0.6 is 23.2 Å². The molecule has 2 atom stereocenters. The van der Waals surface area contributed by atoms with E-state index < -0.39 is 0 Å². The molecule has 0 radical (unpaired) electrons. The molecule has 0 aromatic heterocycles. The van der Waals surface area contributed by atoms with Crippen LogP contribution < -0.4 is 5.73 Å². The third-order valence-corrected chi connectivity index (χ3v) is 3.45. The van der Waals surface area contributed by atoms with Gasteiger partial charge < -0.3 is 10.6 Å². The van der Waals surface area contributed by atoms with Gasteiger partial charge >= 0.3 is 0 Å². The molecule has 0 aliphatic rings. The van der Waals surface area contributed by atoms with Gasteiger partial charge in [-0.1, -0.05) is 29.3 Å². The van der Waals surface area contributed by atoms with Gasteiger partial charge in [-0.3, -0.25) is 4.79 Å². The summed E-state index contributed by atoms with van der Waals surface area (Å²) in [7, 11) is 1.75. The van der Waals surface area contributed by atoms with Crippen molar-refractivity contribution in [3.63, 3.8) is 0 Å². The summed E-state index contributed by atoms with van der Waals surface area (Å²) in [6.07, 6.45) is 0.325. The number of amides is 1. The molecule has 2 N–H and O–H groups in total.